The minimum Gasteiger partial charge on any atom is -0.380 e. The van der Waals surface area contributed by atoms with Crippen molar-refractivity contribution in [1.82, 2.24) is 0 Å². The molecule has 0 spiro atoms. The molecular weight excluding hydrogens is 431 g/mol. The quantitative estimate of drug-likeness (QED) is 0.280. The molecule has 0 saturated carbocycles. The summed E-state index contributed by atoms with van der Waals surface area (Å²) in [6.07, 6.45) is -2.47. The van der Waals surface area contributed by atoms with Crippen molar-refractivity contribution < 1.29 is 39.0 Å². The third-order valence-corrected chi connectivity index (χ3v) is 6.36. The zero-order chi connectivity index (χ0) is 16.4. The summed E-state index contributed by atoms with van der Waals surface area (Å²) in [4.78, 5) is 10.2. The molecule has 0 aliphatic heterocycles. The van der Waals surface area contributed by atoms with Crippen molar-refractivity contribution in [1.29, 1.82) is 0 Å². The van der Waals surface area contributed by atoms with E-state index >= 15 is 0 Å². The van der Waals surface area contributed by atoms with Crippen LogP contribution in [0.3, 0.4) is 0 Å². The molecule has 132 valence electrons. The minimum atomic E-state index is -2.47. The Morgan fingerprint density at radius 3 is 1.08 bits per heavy atom. The predicted octanol–water partition coefficient (Wildman–Crippen LogP) is 4.27. The van der Waals surface area contributed by atoms with E-state index in [1.165, 1.54) is 0 Å². The van der Waals surface area contributed by atoms with Crippen LogP contribution in [0.4, 0.5) is 0 Å². The molecule has 4 aromatic rings. The third-order valence-electron chi connectivity index (χ3n) is 3.10. The van der Waals surface area contributed by atoms with E-state index in [1.807, 2.05) is 109 Å². The van der Waals surface area contributed by atoms with Crippen molar-refractivity contribution >= 4 is 28.7 Å². The van der Waals surface area contributed by atoms with Gasteiger partial charge in [0.2, 0.25) is 0 Å². The monoisotopic (exact) mass is 450 g/mol. The molecule has 5 heteroatoms. The molecular formula is C20H19Fe2OPS. The first-order valence-electron chi connectivity index (χ1n) is 7.32. The van der Waals surface area contributed by atoms with E-state index < -0.39 is 6.26 Å². The van der Waals surface area contributed by atoms with Crippen LogP contribution in [0.15, 0.2) is 109 Å². The Morgan fingerprint density at radius 1 is 0.600 bits per heavy atom. The van der Waals surface area contributed by atoms with Crippen LogP contribution in [-0.4, -0.2) is 4.89 Å². The molecule has 4 rings (SSSR count). The zero-order valence-corrected chi connectivity index (χ0v) is 17.3. The summed E-state index contributed by atoms with van der Waals surface area (Å²) in [5.41, 5.74) is 0. The SMILES string of the molecule is OP(=S)([c-]1cccc1)[c-]1cccc1.[Fe+2].[Fe+2].c1cc[cH-]c1.c1cc[cH-]c1. The van der Waals surface area contributed by atoms with Crippen molar-refractivity contribution in [2.45, 2.75) is 0 Å². The van der Waals surface area contributed by atoms with Gasteiger partial charge in [-0.15, -0.1) is 10.6 Å². The summed E-state index contributed by atoms with van der Waals surface area (Å²) in [6, 6.07) is 35.1. The van der Waals surface area contributed by atoms with Crippen LogP contribution in [-0.2, 0) is 45.9 Å². The van der Waals surface area contributed by atoms with Crippen molar-refractivity contribution in [2.24, 2.45) is 0 Å². The Bertz CT molecular complexity index is 659. The summed E-state index contributed by atoms with van der Waals surface area (Å²) < 4.78 is 0. The Kier molecular flexibility index (Phi) is 12.8. The molecule has 1 nitrogen and oxygen atoms in total. The van der Waals surface area contributed by atoms with Gasteiger partial charge >= 0.3 is 34.1 Å². The van der Waals surface area contributed by atoms with Crippen LogP contribution in [0, 0.1) is 0 Å². The molecule has 4 aromatic carbocycles. The Labute approximate surface area is 176 Å². The number of hydrogen-bond donors (Lipinski definition) is 1. The third kappa shape index (κ3) is 8.31. The number of hydrogen-bond acceptors (Lipinski definition) is 1. The Morgan fingerprint density at radius 2 is 0.880 bits per heavy atom. The van der Waals surface area contributed by atoms with Gasteiger partial charge in [-0.2, -0.15) is 60.7 Å². The molecule has 0 aromatic heterocycles. The maximum Gasteiger partial charge on any atom is 2.00 e. The fraction of sp³-hybridized carbons (Fsp3) is 0. The topological polar surface area (TPSA) is 20.2 Å². The molecule has 0 radical (unpaired) electrons. The van der Waals surface area contributed by atoms with Crippen LogP contribution < -0.4 is 10.6 Å². The van der Waals surface area contributed by atoms with Crippen LogP contribution >= 0.6 is 6.26 Å². The second kappa shape index (κ2) is 13.3. The molecule has 0 unspecified atom stereocenters. The Balaban J connectivity index is 0.000000400. The molecule has 0 heterocycles. The second-order valence-electron chi connectivity index (χ2n) is 4.79. The van der Waals surface area contributed by atoms with E-state index in [9.17, 15) is 4.89 Å². The van der Waals surface area contributed by atoms with Gasteiger partial charge in [0.25, 0.3) is 0 Å². The second-order valence-corrected chi connectivity index (χ2v) is 8.56. The summed E-state index contributed by atoms with van der Waals surface area (Å²) in [5, 5.41) is 1.74. The summed E-state index contributed by atoms with van der Waals surface area (Å²) >= 11 is 5.25. The average Bonchev–Trinajstić information content (AvgIpc) is 3.44. The van der Waals surface area contributed by atoms with E-state index in [4.69, 9.17) is 11.8 Å². The van der Waals surface area contributed by atoms with Gasteiger partial charge in [0.15, 0.2) is 0 Å². The van der Waals surface area contributed by atoms with Crippen molar-refractivity contribution in [3.05, 3.63) is 109 Å². The normalized spacial score (nSPS) is 9.32. The summed E-state index contributed by atoms with van der Waals surface area (Å²) in [6.45, 7) is 0. The van der Waals surface area contributed by atoms with Crippen LogP contribution in [0.1, 0.15) is 0 Å². The first-order valence-corrected chi connectivity index (χ1v) is 10.1. The van der Waals surface area contributed by atoms with Gasteiger partial charge in [-0.25, -0.2) is 48.5 Å². The molecule has 0 atom stereocenters. The maximum atomic E-state index is 10.2. The van der Waals surface area contributed by atoms with Gasteiger partial charge < -0.3 is 4.89 Å². The molecule has 0 saturated heterocycles. The zero-order valence-electron chi connectivity index (χ0n) is 13.4. The van der Waals surface area contributed by atoms with Gasteiger partial charge in [-0.05, 0) is 0 Å². The first-order chi connectivity index (χ1) is 11.2. The predicted molar refractivity (Wildman–Crippen MR) is 104 cm³/mol. The smallest absolute Gasteiger partial charge is 0.380 e. The first kappa shape index (κ1) is 24.0. The van der Waals surface area contributed by atoms with E-state index in [1.54, 1.807) is 0 Å². The van der Waals surface area contributed by atoms with E-state index in [0.29, 0.717) is 0 Å². The van der Waals surface area contributed by atoms with E-state index in [-0.39, 0.29) is 34.1 Å². The van der Waals surface area contributed by atoms with Crippen molar-refractivity contribution in [3.63, 3.8) is 0 Å². The van der Waals surface area contributed by atoms with Crippen molar-refractivity contribution in [3.8, 4) is 0 Å². The van der Waals surface area contributed by atoms with Crippen LogP contribution in [0.25, 0.3) is 0 Å². The molecule has 0 aliphatic rings. The Hall–Kier alpha value is -0.951. The average molecular weight is 450 g/mol. The largest absolute Gasteiger partial charge is 2.00 e. The standard InChI is InChI=1S/C10H9OPS.2C5H5.2Fe/c11-12(13,9-5-1-2-6-9)10-7-3-4-8-10;2*1-2-4-5-3-1;;/h1-8H,(H,11,13);2*1-5H;;/q-2;2*-1;2*+2. The molecule has 25 heavy (non-hydrogen) atoms. The van der Waals surface area contributed by atoms with Crippen LogP contribution in [0.5, 0.6) is 0 Å². The van der Waals surface area contributed by atoms with Gasteiger partial charge in [-0.1, -0.05) is 11.8 Å². The van der Waals surface area contributed by atoms with Crippen molar-refractivity contribution in [2.75, 3.05) is 0 Å². The van der Waals surface area contributed by atoms with Gasteiger partial charge in [0, 0.05) is 6.26 Å². The molecule has 0 fully saturated rings. The molecule has 1 N–H and O–H groups in total. The number of rotatable bonds is 2. The van der Waals surface area contributed by atoms with Crippen LogP contribution in [0.2, 0.25) is 0 Å². The van der Waals surface area contributed by atoms with Gasteiger partial charge in [-0.3, -0.25) is 0 Å². The summed E-state index contributed by atoms with van der Waals surface area (Å²) in [7, 11) is 0. The maximum absolute atomic E-state index is 10.2. The fourth-order valence-electron chi connectivity index (χ4n) is 1.92. The summed E-state index contributed by atoms with van der Waals surface area (Å²) in [5.74, 6) is 0. The van der Waals surface area contributed by atoms with Gasteiger partial charge in [0.05, 0.1) is 0 Å². The molecule has 0 aliphatic carbocycles. The van der Waals surface area contributed by atoms with E-state index in [2.05, 4.69) is 0 Å². The minimum absolute atomic E-state index is 0. The molecule has 0 amide bonds. The fourth-order valence-corrected chi connectivity index (χ4v) is 4.10. The van der Waals surface area contributed by atoms with E-state index in [0.717, 1.165) is 10.6 Å². The van der Waals surface area contributed by atoms with Gasteiger partial charge in [0.1, 0.15) is 0 Å². The molecule has 0 bridgehead atoms.